The van der Waals surface area contributed by atoms with E-state index in [1.165, 1.54) is 0 Å². The molecule has 0 aliphatic carbocycles. The second-order valence-electron chi connectivity index (χ2n) is 6.74. The molecule has 27 heavy (non-hydrogen) atoms. The van der Waals surface area contributed by atoms with E-state index in [-0.39, 0.29) is 0 Å². The zero-order chi connectivity index (χ0) is 18.4. The van der Waals surface area contributed by atoms with Crippen molar-refractivity contribution in [2.24, 2.45) is 4.99 Å². The molecule has 0 radical (unpaired) electrons. The van der Waals surface area contributed by atoms with E-state index in [1.807, 2.05) is 28.8 Å². The number of anilines is 1. The smallest absolute Gasteiger partial charge is 0.246 e. The molecule has 2 aromatic rings. The van der Waals surface area contributed by atoms with Crippen molar-refractivity contribution >= 4 is 11.4 Å². The number of rotatable bonds is 3. The molecule has 2 aromatic carbocycles. The van der Waals surface area contributed by atoms with Crippen molar-refractivity contribution in [3.63, 3.8) is 0 Å². The van der Waals surface area contributed by atoms with Crippen LogP contribution in [-0.4, -0.2) is 46.1 Å². The minimum Gasteiger partial charge on any atom is -0.489 e. The van der Waals surface area contributed by atoms with Gasteiger partial charge in [0.05, 0.1) is 18.3 Å². The van der Waals surface area contributed by atoms with Crippen molar-refractivity contribution in [3.05, 3.63) is 35.0 Å². The molecule has 0 atom stereocenters. The molecular formula is C20H21FN3O3+. The Morgan fingerprint density at radius 1 is 1.07 bits per heavy atom. The van der Waals surface area contributed by atoms with E-state index in [0.29, 0.717) is 43.2 Å². The Hall–Kier alpha value is -2.83. The van der Waals surface area contributed by atoms with Crippen molar-refractivity contribution in [2.75, 3.05) is 51.0 Å². The normalized spacial score (nSPS) is 16.7. The van der Waals surface area contributed by atoms with E-state index in [2.05, 4.69) is 11.8 Å². The molecule has 0 spiro atoms. The van der Waals surface area contributed by atoms with Gasteiger partial charge in [0, 0.05) is 24.7 Å². The van der Waals surface area contributed by atoms with Crippen molar-refractivity contribution in [1.29, 1.82) is 0 Å². The highest BCUT2D eigenvalue weighted by Crippen LogP contribution is 2.44. The van der Waals surface area contributed by atoms with Gasteiger partial charge >= 0.3 is 0 Å². The second kappa shape index (κ2) is 6.40. The highest BCUT2D eigenvalue weighted by atomic mass is 19.1. The lowest BCUT2D eigenvalue weighted by atomic mass is 10.1. The van der Waals surface area contributed by atoms with Crippen molar-refractivity contribution in [1.82, 2.24) is 4.58 Å². The van der Waals surface area contributed by atoms with Gasteiger partial charge in [0.15, 0.2) is 30.3 Å². The van der Waals surface area contributed by atoms with Crippen LogP contribution in [0.2, 0.25) is 0 Å². The fraction of sp³-hybridized carbons (Fsp3) is 0.400. The minimum atomic E-state index is -0.399. The molecule has 6 nitrogen and oxygen atoms in total. The van der Waals surface area contributed by atoms with Gasteiger partial charge in [0.1, 0.15) is 36.7 Å². The molecule has 0 bridgehead atoms. The molecule has 5 rings (SSSR count). The number of ether oxygens (including phenoxy) is 3. The number of halogens is 1. The molecule has 0 saturated heterocycles. The molecule has 0 unspecified atom stereocenters. The number of nitrogens with zero attached hydrogens (tertiary/aromatic N) is 3. The topological polar surface area (TPSA) is 46.3 Å². The molecule has 0 N–H and O–H groups in total. The van der Waals surface area contributed by atoms with Gasteiger partial charge in [-0.2, -0.15) is 0 Å². The molecule has 3 aliphatic heterocycles. The molecular weight excluding hydrogens is 349 g/mol. The van der Waals surface area contributed by atoms with E-state index < -0.39 is 6.67 Å². The maximum Gasteiger partial charge on any atom is 0.246 e. The number of alkyl halides is 1. The Labute approximate surface area is 156 Å². The maximum absolute atomic E-state index is 12.9. The summed E-state index contributed by atoms with van der Waals surface area (Å²) in [4.78, 5) is 7.02. The number of benzene rings is 2. The minimum absolute atomic E-state index is 0.346. The van der Waals surface area contributed by atoms with Crippen LogP contribution in [0, 0.1) is 0 Å². The van der Waals surface area contributed by atoms with Crippen LogP contribution in [-0.2, 0) is 0 Å². The van der Waals surface area contributed by atoms with Crippen molar-refractivity contribution in [3.8, 4) is 23.0 Å². The zero-order valence-corrected chi connectivity index (χ0v) is 15.2. The van der Waals surface area contributed by atoms with Gasteiger partial charge in [0.2, 0.25) is 5.36 Å². The second-order valence-corrected chi connectivity index (χ2v) is 6.74. The molecule has 0 fully saturated rings. The van der Waals surface area contributed by atoms with Crippen LogP contribution in [0.4, 0.5) is 15.8 Å². The van der Waals surface area contributed by atoms with Crippen molar-refractivity contribution in [2.45, 2.75) is 6.92 Å². The fourth-order valence-corrected chi connectivity index (χ4v) is 3.82. The van der Waals surface area contributed by atoms with Gasteiger partial charge in [-0.1, -0.05) is 0 Å². The molecule has 0 aromatic heterocycles. The highest BCUT2D eigenvalue weighted by Gasteiger charge is 2.25. The summed E-state index contributed by atoms with van der Waals surface area (Å²) in [7, 11) is 0. The van der Waals surface area contributed by atoms with E-state index in [0.717, 1.165) is 41.3 Å². The Morgan fingerprint density at radius 2 is 1.96 bits per heavy atom. The third-order valence-electron chi connectivity index (χ3n) is 5.20. The van der Waals surface area contributed by atoms with Crippen LogP contribution in [0.25, 0.3) is 0 Å². The highest BCUT2D eigenvalue weighted by molar-refractivity contribution is 5.72. The lowest BCUT2D eigenvalue weighted by molar-refractivity contribution is 0.264. The predicted molar refractivity (Wildman–Crippen MR) is 99.2 cm³/mol. The fourth-order valence-electron chi connectivity index (χ4n) is 3.82. The van der Waals surface area contributed by atoms with Crippen LogP contribution in [0.1, 0.15) is 6.92 Å². The first-order valence-electron chi connectivity index (χ1n) is 9.34. The summed E-state index contributed by atoms with van der Waals surface area (Å²) in [5.41, 5.74) is 1.78. The molecule has 7 heteroatoms. The molecule has 0 amide bonds. The predicted octanol–water partition coefficient (Wildman–Crippen LogP) is 1.82. The largest absolute Gasteiger partial charge is 0.489 e. The third-order valence-corrected chi connectivity index (χ3v) is 5.20. The van der Waals surface area contributed by atoms with Gasteiger partial charge in [0.25, 0.3) is 0 Å². The first-order valence-corrected chi connectivity index (χ1v) is 9.34. The first kappa shape index (κ1) is 16.4. The molecule has 0 saturated carbocycles. The Morgan fingerprint density at radius 3 is 2.81 bits per heavy atom. The quantitative estimate of drug-likeness (QED) is 0.660. The summed E-state index contributed by atoms with van der Waals surface area (Å²) in [6.07, 6.45) is 0. The van der Waals surface area contributed by atoms with Crippen LogP contribution in [0.3, 0.4) is 0 Å². The summed E-state index contributed by atoms with van der Waals surface area (Å²) < 4.78 is 32.6. The van der Waals surface area contributed by atoms with Crippen LogP contribution < -0.4 is 34.4 Å². The van der Waals surface area contributed by atoms with Crippen LogP contribution in [0.15, 0.2) is 29.3 Å². The summed E-state index contributed by atoms with van der Waals surface area (Å²) >= 11 is 0. The Balaban J connectivity index is 1.65. The van der Waals surface area contributed by atoms with Crippen LogP contribution >= 0.6 is 0 Å². The van der Waals surface area contributed by atoms with Gasteiger partial charge in [-0.25, -0.2) is 14.0 Å². The number of fused-ring (bicyclic) bond motifs is 4. The summed E-state index contributed by atoms with van der Waals surface area (Å²) in [6, 6.07) is 7.70. The van der Waals surface area contributed by atoms with Gasteiger partial charge < -0.3 is 19.1 Å². The van der Waals surface area contributed by atoms with E-state index >= 15 is 0 Å². The van der Waals surface area contributed by atoms with E-state index in [4.69, 9.17) is 19.2 Å². The number of likely N-dealkylation sites (N-methyl/N-ethyl adjacent to an activating group) is 1. The standard InChI is InChI=1S/C20H21FN3O3/c1-2-23-5-7-25-19-9-13-17(11-15(19)23)27-18-12-16-20(10-14(18)22-13)26-8-6-24(16)4-3-21/h9-12H,2-8H2,1H3/q+1. The molecule has 3 aliphatic rings. The lowest BCUT2D eigenvalue weighted by Crippen LogP contribution is -2.41. The average molecular weight is 370 g/mol. The Kier molecular flexibility index (Phi) is 3.88. The maximum atomic E-state index is 12.9. The lowest BCUT2D eigenvalue weighted by Gasteiger charge is -2.31. The SMILES string of the molecule is CCN1CCOc2cc3c(cc21)Oc1cc2c(cc1=N3)OCC[N+]=2CCF. The number of hydrogen-bond donors (Lipinski definition) is 0. The third kappa shape index (κ3) is 2.69. The van der Waals surface area contributed by atoms with Crippen LogP contribution in [0.5, 0.6) is 23.0 Å². The molecule has 3 heterocycles. The summed E-state index contributed by atoms with van der Waals surface area (Å²) in [6.45, 7) is 5.72. The van der Waals surface area contributed by atoms with E-state index in [1.54, 1.807) is 0 Å². The van der Waals surface area contributed by atoms with Gasteiger partial charge in [-0.3, -0.25) is 0 Å². The van der Waals surface area contributed by atoms with Gasteiger partial charge in [-0.05, 0) is 6.92 Å². The van der Waals surface area contributed by atoms with E-state index in [9.17, 15) is 4.39 Å². The summed E-state index contributed by atoms with van der Waals surface area (Å²) in [5, 5.41) is 1.57. The monoisotopic (exact) mass is 370 g/mol. The average Bonchev–Trinajstić information content (AvgIpc) is 2.69. The Bertz CT molecular complexity index is 1040. The van der Waals surface area contributed by atoms with Gasteiger partial charge in [-0.15, -0.1) is 0 Å². The number of hydrogen-bond acceptors (Lipinski definition) is 5. The summed E-state index contributed by atoms with van der Waals surface area (Å²) in [5.74, 6) is 2.92. The molecule has 140 valence electrons. The zero-order valence-electron chi connectivity index (χ0n) is 15.2. The van der Waals surface area contributed by atoms with Crippen molar-refractivity contribution < 1.29 is 18.6 Å². The first-order chi connectivity index (χ1) is 13.3.